The minimum Gasteiger partial charge on any atom is -0.464 e. The molecule has 0 spiro atoms. The van der Waals surface area contributed by atoms with Crippen LogP contribution in [-0.2, 0) is 9.53 Å². The van der Waals surface area contributed by atoms with Gasteiger partial charge in [0.05, 0.1) is 0 Å². The third-order valence-electron chi connectivity index (χ3n) is 3.48. The lowest BCUT2D eigenvalue weighted by atomic mass is 10.1. The molecule has 1 heterocycles. The van der Waals surface area contributed by atoms with E-state index in [2.05, 4.69) is 32.7 Å². The van der Waals surface area contributed by atoms with E-state index in [0.717, 1.165) is 5.75 Å². The number of thioether (sulfide) groups is 1. The highest BCUT2D eigenvalue weighted by Crippen LogP contribution is 2.38. The first-order valence-electron chi connectivity index (χ1n) is 6.41. The number of rotatable bonds is 7. The Hall–Kier alpha value is 0.0700. The number of esters is 1. The van der Waals surface area contributed by atoms with Crippen molar-refractivity contribution in [3.05, 3.63) is 0 Å². The van der Waals surface area contributed by atoms with Gasteiger partial charge in [-0.05, 0) is 27.3 Å². The first-order chi connectivity index (χ1) is 8.24. The lowest BCUT2D eigenvalue weighted by Crippen LogP contribution is -2.22. The average Bonchev–Trinajstić information content (AvgIpc) is 2.81. The fourth-order valence-electron chi connectivity index (χ4n) is 2.03. The summed E-state index contributed by atoms with van der Waals surface area (Å²) in [6.07, 6.45) is 1.18. The molecule has 106 valence electrons. The molecule has 4 unspecified atom stereocenters. The predicted molar refractivity (Wildman–Crippen MR) is 78.4 cm³/mol. The van der Waals surface area contributed by atoms with Crippen LogP contribution < -0.4 is 0 Å². The molecule has 0 amide bonds. The van der Waals surface area contributed by atoms with Crippen molar-refractivity contribution in [3.8, 4) is 0 Å². The van der Waals surface area contributed by atoms with Gasteiger partial charge in [-0.3, -0.25) is 9.69 Å². The Bertz CT molecular complexity index is 289. The molecule has 0 aromatic carbocycles. The molecule has 18 heavy (non-hydrogen) atoms. The standard InChI is InChI=1S/C13H24ClNO2S/c1-9(14)12(16)17-6-7-18-13(3,4)8-11-10(2)15(11)5/h9-11H,6-8H2,1-5H3. The van der Waals surface area contributed by atoms with E-state index in [-0.39, 0.29) is 10.7 Å². The third kappa shape index (κ3) is 4.98. The molecule has 0 bridgehead atoms. The van der Waals surface area contributed by atoms with E-state index in [4.69, 9.17) is 16.3 Å². The van der Waals surface area contributed by atoms with Gasteiger partial charge in [0.25, 0.3) is 0 Å². The second kappa shape index (κ2) is 6.49. The number of likely N-dealkylation sites (N-methyl/N-ethyl adjacent to an activating group) is 1. The smallest absolute Gasteiger partial charge is 0.323 e. The molecule has 1 aliphatic heterocycles. The zero-order chi connectivity index (χ0) is 13.9. The summed E-state index contributed by atoms with van der Waals surface area (Å²) >= 11 is 7.48. The van der Waals surface area contributed by atoms with Crippen molar-refractivity contribution in [2.75, 3.05) is 19.4 Å². The van der Waals surface area contributed by atoms with Gasteiger partial charge in [0.1, 0.15) is 12.0 Å². The number of ether oxygens (including phenoxy) is 1. The quantitative estimate of drug-likeness (QED) is 0.312. The molecule has 0 aromatic rings. The van der Waals surface area contributed by atoms with Crippen molar-refractivity contribution in [1.29, 1.82) is 0 Å². The molecule has 3 nitrogen and oxygen atoms in total. The largest absolute Gasteiger partial charge is 0.464 e. The number of halogens is 1. The Morgan fingerprint density at radius 2 is 2.11 bits per heavy atom. The number of carbonyl (C=O) groups is 1. The predicted octanol–water partition coefficient (Wildman–Crippen LogP) is 2.76. The monoisotopic (exact) mass is 293 g/mol. The molecular weight excluding hydrogens is 270 g/mol. The highest BCUT2D eigenvalue weighted by Gasteiger charge is 2.43. The van der Waals surface area contributed by atoms with Gasteiger partial charge in [0.15, 0.2) is 0 Å². The van der Waals surface area contributed by atoms with E-state index < -0.39 is 5.38 Å². The van der Waals surface area contributed by atoms with Crippen LogP contribution in [-0.4, -0.2) is 52.5 Å². The van der Waals surface area contributed by atoms with Gasteiger partial charge >= 0.3 is 5.97 Å². The summed E-state index contributed by atoms with van der Waals surface area (Å²) in [5.41, 5.74) is 0. The minimum atomic E-state index is -0.552. The number of carbonyl (C=O) groups excluding carboxylic acids is 1. The summed E-state index contributed by atoms with van der Waals surface area (Å²) in [5, 5.41) is -0.552. The SMILES string of the molecule is CC(Cl)C(=O)OCCSC(C)(C)CC1C(C)N1C. The highest BCUT2D eigenvalue weighted by molar-refractivity contribution is 8.00. The van der Waals surface area contributed by atoms with Gasteiger partial charge in [-0.1, -0.05) is 13.8 Å². The Labute approximate surface area is 120 Å². The van der Waals surface area contributed by atoms with Crippen molar-refractivity contribution in [2.24, 2.45) is 0 Å². The maximum Gasteiger partial charge on any atom is 0.323 e. The van der Waals surface area contributed by atoms with Crippen LogP contribution >= 0.6 is 23.4 Å². The molecule has 0 aromatic heterocycles. The molecule has 0 radical (unpaired) electrons. The van der Waals surface area contributed by atoms with Gasteiger partial charge in [0.2, 0.25) is 0 Å². The maximum atomic E-state index is 11.2. The summed E-state index contributed by atoms with van der Waals surface area (Å²) in [6, 6.07) is 1.41. The average molecular weight is 294 g/mol. The Balaban J connectivity index is 2.16. The van der Waals surface area contributed by atoms with Crippen molar-refractivity contribution in [3.63, 3.8) is 0 Å². The fraction of sp³-hybridized carbons (Fsp3) is 0.923. The summed E-state index contributed by atoms with van der Waals surface area (Å²) in [6.45, 7) is 8.84. The summed E-state index contributed by atoms with van der Waals surface area (Å²) < 4.78 is 5.28. The molecule has 0 N–H and O–H groups in total. The molecule has 0 saturated carbocycles. The number of alkyl halides is 1. The van der Waals surface area contributed by atoms with E-state index in [1.165, 1.54) is 6.42 Å². The van der Waals surface area contributed by atoms with E-state index in [1.54, 1.807) is 6.92 Å². The first-order valence-corrected chi connectivity index (χ1v) is 7.83. The maximum absolute atomic E-state index is 11.2. The molecule has 1 saturated heterocycles. The van der Waals surface area contributed by atoms with Gasteiger partial charge in [-0.2, -0.15) is 11.8 Å². The van der Waals surface area contributed by atoms with Crippen molar-refractivity contribution in [2.45, 2.75) is 56.3 Å². The van der Waals surface area contributed by atoms with Crippen LogP contribution in [0.15, 0.2) is 0 Å². The van der Waals surface area contributed by atoms with Crippen LogP contribution in [0.4, 0.5) is 0 Å². The normalized spacial score (nSPS) is 28.9. The molecule has 5 heteroatoms. The van der Waals surface area contributed by atoms with E-state index in [0.29, 0.717) is 18.7 Å². The molecule has 0 aliphatic carbocycles. The fourth-order valence-corrected chi connectivity index (χ4v) is 3.10. The van der Waals surface area contributed by atoms with Crippen LogP contribution in [0, 0.1) is 0 Å². The molecular formula is C13H24ClNO2S. The van der Waals surface area contributed by atoms with Crippen molar-refractivity contribution < 1.29 is 9.53 Å². The summed E-state index contributed by atoms with van der Waals surface area (Å²) in [7, 11) is 2.17. The van der Waals surface area contributed by atoms with Crippen LogP contribution in [0.1, 0.15) is 34.1 Å². The Morgan fingerprint density at radius 1 is 1.56 bits per heavy atom. The molecule has 1 rings (SSSR count). The van der Waals surface area contributed by atoms with Gasteiger partial charge < -0.3 is 4.74 Å². The van der Waals surface area contributed by atoms with Gasteiger partial charge in [-0.15, -0.1) is 11.6 Å². The van der Waals surface area contributed by atoms with Crippen LogP contribution in [0.2, 0.25) is 0 Å². The van der Waals surface area contributed by atoms with E-state index in [1.807, 2.05) is 11.8 Å². The Morgan fingerprint density at radius 3 is 2.56 bits per heavy atom. The topological polar surface area (TPSA) is 29.3 Å². The zero-order valence-corrected chi connectivity index (χ0v) is 13.5. The summed E-state index contributed by atoms with van der Waals surface area (Å²) in [4.78, 5) is 13.6. The van der Waals surface area contributed by atoms with Crippen molar-refractivity contribution >= 4 is 29.3 Å². The van der Waals surface area contributed by atoms with Crippen LogP contribution in [0.25, 0.3) is 0 Å². The van der Waals surface area contributed by atoms with E-state index in [9.17, 15) is 4.79 Å². The van der Waals surface area contributed by atoms with Gasteiger partial charge in [0, 0.05) is 22.6 Å². The molecule has 1 aliphatic rings. The molecule has 4 atom stereocenters. The highest BCUT2D eigenvalue weighted by atomic mass is 35.5. The lowest BCUT2D eigenvalue weighted by molar-refractivity contribution is -0.142. The minimum absolute atomic E-state index is 0.225. The third-order valence-corrected chi connectivity index (χ3v) is 4.98. The molecule has 1 fully saturated rings. The summed E-state index contributed by atoms with van der Waals surface area (Å²) in [5.74, 6) is 0.498. The second-order valence-corrected chi connectivity index (χ2v) is 8.03. The number of nitrogens with zero attached hydrogens (tertiary/aromatic N) is 1. The van der Waals surface area contributed by atoms with Gasteiger partial charge in [-0.25, -0.2) is 0 Å². The van der Waals surface area contributed by atoms with Crippen molar-refractivity contribution in [1.82, 2.24) is 4.90 Å². The van der Waals surface area contributed by atoms with Crippen LogP contribution in [0.5, 0.6) is 0 Å². The number of hydrogen-bond donors (Lipinski definition) is 0. The second-order valence-electron chi connectivity index (χ2n) is 5.57. The lowest BCUT2D eigenvalue weighted by Gasteiger charge is -2.24. The first kappa shape index (κ1) is 16.1. The van der Waals surface area contributed by atoms with E-state index >= 15 is 0 Å². The van der Waals surface area contributed by atoms with Crippen LogP contribution in [0.3, 0.4) is 0 Å². The zero-order valence-electron chi connectivity index (χ0n) is 11.9. The Kier molecular flexibility index (Phi) is 5.81. The number of hydrogen-bond acceptors (Lipinski definition) is 4.